The van der Waals surface area contributed by atoms with Crippen molar-refractivity contribution in [2.24, 2.45) is 0 Å². The molecule has 0 unspecified atom stereocenters. The van der Waals surface area contributed by atoms with E-state index < -0.39 is 0 Å². The monoisotopic (exact) mass is 184 g/mol. The van der Waals surface area contributed by atoms with Gasteiger partial charge >= 0.3 is 0 Å². The number of amides is 2. The van der Waals surface area contributed by atoms with E-state index in [9.17, 15) is 9.59 Å². The van der Waals surface area contributed by atoms with Crippen molar-refractivity contribution >= 4 is 11.8 Å². The van der Waals surface area contributed by atoms with Crippen molar-refractivity contribution in [3.05, 3.63) is 0 Å². The third-order valence-electron chi connectivity index (χ3n) is 2.28. The van der Waals surface area contributed by atoms with Gasteiger partial charge < -0.3 is 10.2 Å². The molecule has 0 aromatic rings. The van der Waals surface area contributed by atoms with Crippen molar-refractivity contribution in [3.63, 3.8) is 0 Å². The Labute approximate surface area is 78.3 Å². The Morgan fingerprint density at radius 3 is 2.92 bits per heavy atom. The Morgan fingerprint density at radius 2 is 2.23 bits per heavy atom. The molecule has 2 amide bonds. The zero-order chi connectivity index (χ0) is 9.68. The molecule has 1 rings (SSSR count). The summed E-state index contributed by atoms with van der Waals surface area (Å²) in [5.74, 6) is 0.0244. The summed E-state index contributed by atoms with van der Waals surface area (Å²) >= 11 is 0. The average molecular weight is 184 g/mol. The molecule has 1 fully saturated rings. The van der Waals surface area contributed by atoms with Crippen LogP contribution in [0.4, 0.5) is 0 Å². The van der Waals surface area contributed by atoms with E-state index in [4.69, 9.17) is 0 Å². The zero-order valence-corrected chi connectivity index (χ0v) is 8.01. The molecule has 1 aliphatic rings. The molecule has 4 nitrogen and oxygen atoms in total. The largest absolute Gasteiger partial charge is 0.358 e. The summed E-state index contributed by atoms with van der Waals surface area (Å²) in [6, 6.07) is 0. The van der Waals surface area contributed by atoms with Gasteiger partial charge in [0.2, 0.25) is 11.8 Å². The van der Waals surface area contributed by atoms with Gasteiger partial charge in [0.1, 0.15) is 0 Å². The van der Waals surface area contributed by atoms with Crippen LogP contribution in [0.15, 0.2) is 0 Å². The van der Waals surface area contributed by atoms with Crippen molar-refractivity contribution in [2.75, 3.05) is 20.1 Å². The second-order valence-electron chi connectivity index (χ2n) is 3.30. The summed E-state index contributed by atoms with van der Waals surface area (Å²) in [6.45, 7) is 0.946. The standard InChI is InChI=1S/C9H16N2O2/c1-10-8(12)7-11-6-4-2-3-5-9(11)13/h2-7H2,1H3,(H,10,12). The van der Waals surface area contributed by atoms with Crippen LogP contribution in [0, 0.1) is 0 Å². The van der Waals surface area contributed by atoms with Crippen LogP contribution in [0.5, 0.6) is 0 Å². The van der Waals surface area contributed by atoms with Gasteiger partial charge in [0.05, 0.1) is 6.54 Å². The number of carbonyl (C=O) groups excluding carboxylic acids is 2. The molecule has 0 bridgehead atoms. The van der Waals surface area contributed by atoms with Crippen LogP contribution in [0.3, 0.4) is 0 Å². The minimum absolute atomic E-state index is 0.0877. The first-order chi connectivity index (χ1) is 6.24. The van der Waals surface area contributed by atoms with E-state index in [1.165, 1.54) is 0 Å². The van der Waals surface area contributed by atoms with Gasteiger partial charge in [-0.3, -0.25) is 9.59 Å². The summed E-state index contributed by atoms with van der Waals surface area (Å²) in [5.41, 5.74) is 0. The Morgan fingerprint density at radius 1 is 1.46 bits per heavy atom. The summed E-state index contributed by atoms with van der Waals surface area (Å²) in [4.78, 5) is 24.1. The van der Waals surface area contributed by atoms with Crippen molar-refractivity contribution in [2.45, 2.75) is 25.7 Å². The minimum Gasteiger partial charge on any atom is -0.358 e. The number of likely N-dealkylation sites (N-methyl/N-ethyl adjacent to an activating group) is 1. The normalized spacial score (nSPS) is 18.2. The number of hydrogen-bond acceptors (Lipinski definition) is 2. The lowest BCUT2D eigenvalue weighted by Crippen LogP contribution is -2.39. The SMILES string of the molecule is CNC(=O)CN1CCCCCC1=O. The molecule has 74 valence electrons. The Balaban J connectivity index is 2.45. The fourth-order valence-electron chi connectivity index (χ4n) is 1.46. The van der Waals surface area contributed by atoms with E-state index in [0.29, 0.717) is 6.42 Å². The zero-order valence-electron chi connectivity index (χ0n) is 8.01. The van der Waals surface area contributed by atoms with Crippen LogP contribution >= 0.6 is 0 Å². The molecule has 0 aliphatic carbocycles. The van der Waals surface area contributed by atoms with Gasteiger partial charge in [-0.15, -0.1) is 0 Å². The van der Waals surface area contributed by atoms with Gasteiger partial charge in [0.25, 0.3) is 0 Å². The van der Waals surface area contributed by atoms with Crippen LogP contribution in [0.1, 0.15) is 25.7 Å². The van der Waals surface area contributed by atoms with E-state index >= 15 is 0 Å². The predicted octanol–water partition coefficient (Wildman–Crippen LogP) is 0.135. The lowest BCUT2D eigenvalue weighted by atomic mass is 10.2. The summed E-state index contributed by atoms with van der Waals surface area (Å²) in [7, 11) is 1.59. The maximum atomic E-state index is 11.4. The summed E-state index contributed by atoms with van der Waals surface area (Å²) in [6.07, 6.45) is 3.67. The maximum absolute atomic E-state index is 11.4. The first-order valence-electron chi connectivity index (χ1n) is 4.72. The fourth-order valence-corrected chi connectivity index (χ4v) is 1.46. The first kappa shape index (κ1) is 10.0. The molecule has 4 heteroatoms. The quantitative estimate of drug-likeness (QED) is 0.663. The highest BCUT2D eigenvalue weighted by Crippen LogP contribution is 2.10. The molecule has 1 heterocycles. The molecule has 1 saturated heterocycles. The molecule has 0 saturated carbocycles. The van der Waals surface area contributed by atoms with Gasteiger partial charge in [-0.2, -0.15) is 0 Å². The highest BCUT2D eigenvalue weighted by atomic mass is 16.2. The lowest BCUT2D eigenvalue weighted by molar-refractivity contribution is -0.135. The molecular weight excluding hydrogens is 168 g/mol. The molecule has 1 N–H and O–H groups in total. The third-order valence-corrected chi connectivity index (χ3v) is 2.28. The number of likely N-dealkylation sites (tertiary alicyclic amines) is 1. The Kier molecular flexibility index (Phi) is 3.73. The smallest absolute Gasteiger partial charge is 0.239 e. The second-order valence-corrected chi connectivity index (χ2v) is 3.30. The molecule has 0 radical (unpaired) electrons. The van der Waals surface area contributed by atoms with Gasteiger partial charge in [-0.25, -0.2) is 0 Å². The van der Waals surface area contributed by atoms with Crippen molar-refractivity contribution in [1.82, 2.24) is 10.2 Å². The molecular formula is C9H16N2O2. The van der Waals surface area contributed by atoms with E-state index in [2.05, 4.69) is 5.32 Å². The van der Waals surface area contributed by atoms with Crippen LogP contribution < -0.4 is 5.32 Å². The summed E-state index contributed by atoms with van der Waals surface area (Å²) < 4.78 is 0. The Hall–Kier alpha value is -1.06. The van der Waals surface area contributed by atoms with Crippen molar-refractivity contribution in [1.29, 1.82) is 0 Å². The van der Waals surface area contributed by atoms with Crippen molar-refractivity contribution < 1.29 is 9.59 Å². The van der Waals surface area contributed by atoms with Gasteiger partial charge in [0.15, 0.2) is 0 Å². The Bertz CT molecular complexity index is 204. The molecule has 0 aromatic heterocycles. The van der Waals surface area contributed by atoms with Gasteiger partial charge in [-0.05, 0) is 12.8 Å². The number of rotatable bonds is 2. The number of hydrogen-bond donors (Lipinski definition) is 1. The van der Waals surface area contributed by atoms with Crippen LogP contribution in [0.2, 0.25) is 0 Å². The number of carbonyl (C=O) groups is 2. The van der Waals surface area contributed by atoms with E-state index in [0.717, 1.165) is 25.8 Å². The van der Waals surface area contributed by atoms with Gasteiger partial charge in [-0.1, -0.05) is 6.42 Å². The van der Waals surface area contributed by atoms with Gasteiger partial charge in [0, 0.05) is 20.0 Å². The summed E-state index contributed by atoms with van der Waals surface area (Å²) in [5, 5.41) is 2.52. The van der Waals surface area contributed by atoms with E-state index in [1.807, 2.05) is 0 Å². The minimum atomic E-state index is -0.0877. The topological polar surface area (TPSA) is 49.4 Å². The van der Waals surface area contributed by atoms with E-state index in [1.54, 1.807) is 11.9 Å². The molecule has 0 aromatic carbocycles. The highest BCUT2D eigenvalue weighted by molar-refractivity contribution is 5.84. The second kappa shape index (κ2) is 4.84. The molecule has 1 aliphatic heterocycles. The predicted molar refractivity (Wildman–Crippen MR) is 49.1 cm³/mol. The molecule has 13 heavy (non-hydrogen) atoms. The maximum Gasteiger partial charge on any atom is 0.239 e. The molecule has 0 spiro atoms. The first-order valence-corrected chi connectivity index (χ1v) is 4.72. The average Bonchev–Trinajstić information content (AvgIpc) is 2.32. The van der Waals surface area contributed by atoms with Crippen LogP contribution in [-0.4, -0.2) is 36.9 Å². The van der Waals surface area contributed by atoms with E-state index in [-0.39, 0.29) is 18.4 Å². The lowest BCUT2D eigenvalue weighted by Gasteiger charge is -2.18. The fraction of sp³-hybridized carbons (Fsp3) is 0.778. The molecule has 0 atom stereocenters. The highest BCUT2D eigenvalue weighted by Gasteiger charge is 2.18. The van der Waals surface area contributed by atoms with Crippen LogP contribution in [0.25, 0.3) is 0 Å². The van der Waals surface area contributed by atoms with Crippen molar-refractivity contribution in [3.8, 4) is 0 Å². The number of nitrogens with zero attached hydrogens (tertiary/aromatic N) is 1. The third kappa shape index (κ3) is 3.05. The number of nitrogens with one attached hydrogen (secondary N) is 1. The van der Waals surface area contributed by atoms with Crippen LogP contribution in [-0.2, 0) is 9.59 Å².